The number of ether oxygens (including phenoxy) is 1. The predicted molar refractivity (Wildman–Crippen MR) is 79.1 cm³/mol. The molecule has 8 nitrogen and oxygen atoms in total. The van der Waals surface area contributed by atoms with Crippen molar-refractivity contribution in [2.45, 2.75) is 34.2 Å². The van der Waals surface area contributed by atoms with E-state index in [2.05, 4.69) is 16.0 Å². The molecule has 1 heterocycles. The third-order valence-corrected chi connectivity index (χ3v) is 2.90. The maximum absolute atomic E-state index is 12.0. The number of hydrogen-bond donors (Lipinski definition) is 2. The number of nitrogens with zero attached hydrogens (tertiary/aromatic N) is 2. The monoisotopic (exact) mass is 330 g/mol. The van der Waals surface area contributed by atoms with Gasteiger partial charge in [0.15, 0.2) is 6.61 Å². The van der Waals surface area contributed by atoms with Crippen LogP contribution in [0.4, 0.5) is 0 Å². The smallest absolute Gasteiger partial charge is 0.343 e. The third-order valence-electron chi connectivity index (χ3n) is 2.52. The van der Waals surface area contributed by atoms with Crippen molar-refractivity contribution in [1.29, 1.82) is 0 Å². The molecule has 0 aliphatic carbocycles. The lowest BCUT2D eigenvalue weighted by molar-refractivity contribution is -0.129. The van der Waals surface area contributed by atoms with Crippen molar-refractivity contribution >= 4 is 29.4 Å². The summed E-state index contributed by atoms with van der Waals surface area (Å²) >= 11 is 6.13. The Bertz CT molecular complexity index is 583. The molecular weight excluding hydrogens is 312 g/mol. The Balaban J connectivity index is 2.68. The normalized spacial score (nSPS) is 10.5. The fourth-order valence-electron chi connectivity index (χ4n) is 1.65. The van der Waals surface area contributed by atoms with Gasteiger partial charge in [-0.2, -0.15) is 5.10 Å². The van der Waals surface area contributed by atoms with Crippen molar-refractivity contribution in [3.8, 4) is 0 Å². The minimum Gasteiger partial charge on any atom is -0.452 e. The minimum absolute atomic E-state index is 0.134. The molecule has 0 unspecified atom stereocenters. The zero-order chi connectivity index (χ0) is 16.9. The lowest BCUT2D eigenvalue weighted by atomic mass is 10.2. The summed E-state index contributed by atoms with van der Waals surface area (Å²) in [4.78, 5) is 34.0. The number of hydrazine groups is 1. The van der Waals surface area contributed by atoms with Gasteiger partial charge < -0.3 is 4.74 Å². The van der Waals surface area contributed by atoms with E-state index < -0.39 is 24.4 Å². The second-order valence-corrected chi connectivity index (χ2v) is 5.49. The summed E-state index contributed by atoms with van der Waals surface area (Å²) in [6.45, 7) is 6.89. The first kappa shape index (κ1) is 18.0. The highest BCUT2D eigenvalue weighted by Crippen LogP contribution is 2.21. The fraction of sp³-hybridized carbons (Fsp3) is 0.538. The van der Waals surface area contributed by atoms with Crippen molar-refractivity contribution in [2.24, 2.45) is 5.92 Å². The van der Waals surface area contributed by atoms with Crippen LogP contribution in [0.2, 0.25) is 5.15 Å². The SMILES string of the molecule is CC(=O)NNC(=O)COC(=O)c1c(C)nn(CC(C)C)c1Cl. The number of aryl methyl sites for hydroxylation is 1. The van der Waals surface area contributed by atoms with Crippen LogP contribution in [-0.2, 0) is 20.9 Å². The number of aromatic nitrogens is 2. The highest BCUT2D eigenvalue weighted by atomic mass is 35.5. The van der Waals surface area contributed by atoms with Crippen molar-refractivity contribution in [3.63, 3.8) is 0 Å². The summed E-state index contributed by atoms with van der Waals surface area (Å²) in [5, 5.41) is 4.36. The summed E-state index contributed by atoms with van der Waals surface area (Å²) in [5.41, 5.74) is 4.73. The topological polar surface area (TPSA) is 102 Å². The van der Waals surface area contributed by atoms with Gasteiger partial charge in [-0.05, 0) is 12.8 Å². The van der Waals surface area contributed by atoms with Gasteiger partial charge in [-0.15, -0.1) is 0 Å². The zero-order valence-corrected chi connectivity index (χ0v) is 13.7. The Morgan fingerprint density at radius 1 is 1.32 bits per heavy atom. The number of rotatable bonds is 5. The Hall–Kier alpha value is -2.09. The van der Waals surface area contributed by atoms with E-state index in [-0.39, 0.29) is 10.7 Å². The molecule has 2 amide bonds. The second-order valence-electron chi connectivity index (χ2n) is 5.13. The highest BCUT2D eigenvalue weighted by Gasteiger charge is 2.22. The molecule has 22 heavy (non-hydrogen) atoms. The van der Waals surface area contributed by atoms with Crippen LogP contribution >= 0.6 is 11.6 Å². The Morgan fingerprint density at radius 3 is 2.50 bits per heavy atom. The molecule has 0 bridgehead atoms. The molecule has 0 aliphatic rings. The highest BCUT2D eigenvalue weighted by molar-refractivity contribution is 6.32. The Labute approximate surface area is 133 Å². The molecule has 0 atom stereocenters. The average molecular weight is 331 g/mol. The molecule has 0 aliphatic heterocycles. The zero-order valence-electron chi connectivity index (χ0n) is 12.9. The van der Waals surface area contributed by atoms with E-state index >= 15 is 0 Å². The van der Waals surface area contributed by atoms with Crippen molar-refractivity contribution in [2.75, 3.05) is 6.61 Å². The molecule has 0 spiro atoms. The Kier molecular flexibility index (Phi) is 6.36. The van der Waals surface area contributed by atoms with Gasteiger partial charge in [0.2, 0.25) is 5.91 Å². The van der Waals surface area contributed by atoms with E-state index in [1.54, 1.807) is 6.92 Å². The fourth-order valence-corrected chi connectivity index (χ4v) is 1.97. The van der Waals surface area contributed by atoms with E-state index in [0.717, 1.165) is 0 Å². The molecule has 0 fully saturated rings. The van der Waals surface area contributed by atoms with E-state index in [1.807, 2.05) is 13.8 Å². The van der Waals surface area contributed by atoms with Gasteiger partial charge in [-0.25, -0.2) is 4.79 Å². The van der Waals surface area contributed by atoms with Gasteiger partial charge in [-0.3, -0.25) is 25.1 Å². The van der Waals surface area contributed by atoms with Crippen LogP contribution in [0.25, 0.3) is 0 Å². The molecule has 9 heteroatoms. The number of carbonyl (C=O) groups is 3. The van der Waals surface area contributed by atoms with E-state index in [0.29, 0.717) is 18.2 Å². The van der Waals surface area contributed by atoms with Crippen LogP contribution in [0.3, 0.4) is 0 Å². The number of hydrogen-bond acceptors (Lipinski definition) is 5. The van der Waals surface area contributed by atoms with Gasteiger partial charge in [0, 0.05) is 13.5 Å². The van der Waals surface area contributed by atoms with Gasteiger partial charge in [0.05, 0.1) is 5.69 Å². The van der Waals surface area contributed by atoms with Gasteiger partial charge in [0.25, 0.3) is 5.91 Å². The third kappa shape index (κ3) is 5.03. The Morgan fingerprint density at radius 2 is 1.95 bits per heavy atom. The first-order chi connectivity index (χ1) is 10.2. The van der Waals surface area contributed by atoms with Gasteiger partial charge >= 0.3 is 5.97 Å². The van der Waals surface area contributed by atoms with Crippen LogP contribution < -0.4 is 10.9 Å². The largest absolute Gasteiger partial charge is 0.452 e. The predicted octanol–water partition coefficient (Wildman–Crippen LogP) is 0.825. The lowest BCUT2D eigenvalue weighted by Crippen LogP contribution is -2.42. The van der Waals surface area contributed by atoms with Crippen LogP contribution in [-0.4, -0.2) is 34.2 Å². The van der Waals surface area contributed by atoms with Crippen LogP contribution in [0, 0.1) is 12.8 Å². The molecule has 0 saturated carbocycles. The maximum atomic E-state index is 12.0. The number of amides is 2. The molecule has 0 aromatic carbocycles. The van der Waals surface area contributed by atoms with E-state index in [9.17, 15) is 14.4 Å². The van der Waals surface area contributed by atoms with E-state index in [4.69, 9.17) is 16.3 Å². The number of carbonyl (C=O) groups excluding carboxylic acids is 3. The van der Waals surface area contributed by atoms with E-state index in [1.165, 1.54) is 11.6 Å². The molecular formula is C13H19ClN4O4. The molecule has 1 rings (SSSR count). The molecule has 1 aromatic heterocycles. The summed E-state index contributed by atoms with van der Waals surface area (Å²) in [6, 6.07) is 0. The van der Waals surface area contributed by atoms with Crippen LogP contribution in [0.15, 0.2) is 0 Å². The van der Waals surface area contributed by atoms with Crippen LogP contribution in [0.5, 0.6) is 0 Å². The van der Waals surface area contributed by atoms with Gasteiger partial charge in [-0.1, -0.05) is 25.4 Å². The van der Waals surface area contributed by atoms with Crippen molar-refractivity contribution in [3.05, 3.63) is 16.4 Å². The molecule has 0 saturated heterocycles. The standard InChI is InChI=1S/C13H19ClN4O4/c1-7(2)5-18-12(14)11(8(3)17-18)13(21)22-6-10(20)16-15-9(4)19/h7H,5-6H2,1-4H3,(H,15,19)(H,16,20). The number of halogens is 1. The number of nitrogens with one attached hydrogen (secondary N) is 2. The second kappa shape index (κ2) is 7.79. The molecule has 122 valence electrons. The van der Waals surface area contributed by atoms with Crippen molar-refractivity contribution < 1.29 is 19.1 Å². The maximum Gasteiger partial charge on any atom is 0.343 e. The first-order valence-electron chi connectivity index (χ1n) is 6.67. The number of esters is 1. The quantitative estimate of drug-likeness (QED) is 0.615. The summed E-state index contributed by atoms with van der Waals surface area (Å²) in [7, 11) is 0. The molecule has 2 N–H and O–H groups in total. The summed E-state index contributed by atoms with van der Waals surface area (Å²) in [6.07, 6.45) is 0. The van der Waals surface area contributed by atoms with Crippen molar-refractivity contribution in [1.82, 2.24) is 20.6 Å². The minimum atomic E-state index is -0.740. The average Bonchev–Trinajstić information content (AvgIpc) is 2.67. The van der Waals surface area contributed by atoms with Gasteiger partial charge in [0.1, 0.15) is 10.7 Å². The van der Waals surface area contributed by atoms with Crippen LogP contribution in [0.1, 0.15) is 36.8 Å². The molecule has 1 aromatic rings. The molecule has 0 radical (unpaired) electrons. The summed E-state index contributed by atoms with van der Waals surface area (Å²) in [5.74, 6) is -1.53. The summed E-state index contributed by atoms with van der Waals surface area (Å²) < 4.78 is 6.39. The lowest BCUT2D eigenvalue weighted by Gasteiger charge is -2.07. The first-order valence-corrected chi connectivity index (χ1v) is 7.05.